The Balaban J connectivity index is 1.42. The van der Waals surface area contributed by atoms with E-state index < -0.39 is 9.84 Å². The van der Waals surface area contributed by atoms with E-state index in [1.807, 2.05) is 13.0 Å². The highest BCUT2D eigenvalue weighted by atomic mass is 32.2. The number of rotatable bonds is 7. The van der Waals surface area contributed by atoms with Crippen molar-refractivity contribution in [2.75, 3.05) is 29.9 Å². The second kappa shape index (κ2) is 8.14. The molecule has 1 N–H and O–H groups in total. The molecular weight excluding hydrogens is 376 g/mol. The summed E-state index contributed by atoms with van der Waals surface area (Å²) < 4.78 is 25.4. The van der Waals surface area contributed by atoms with Crippen molar-refractivity contribution in [3.8, 4) is 0 Å². The molecule has 0 bridgehead atoms. The predicted molar refractivity (Wildman–Crippen MR) is 109 cm³/mol. The Morgan fingerprint density at radius 1 is 1.21 bits per heavy atom. The van der Waals surface area contributed by atoms with Gasteiger partial charge in [0, 0.05) is 18.7 Å². The first-order valence-corrected chi connectivity index (χ1v) is 12.5. The molecule has 0 radical (unpaired) electrons. The Labute approximate surface area is 167 Å². The second-order valence-corrected chi connectivity index (χ2v) is 11.1. The molecule has 4 rings (SSSR count). The highest BCUT2D eigenvalue weighted by molar-refractivity contribution is 7.91. The molecule has 8 heteroatoms. The molecule has 1 atom stereocenters. The lowest BCUT2D eigenvalue weighted by Gasteiger charge is -2.34. The molecule has 1 saturated heterocycles. The fourth-order valence-electron chi connectivity index (χ4n) is 4.64. The largest absolute Gasteiger partial charge is 0.310 e. The van der Waals surface area contributed by atoms with E-state index in [1.165, 1.54) is 44.9 Å². The van der Waals surface area contributed by atoms with E-state index in [-0.39, 0.29) is 23.5 Å². The van der Waals surface area contributed by atoms with Crippen molar-refractivity contribution in [2.24, 2.45) is 5.92 Å². The van der Waals surface area contributed by atoms with Gasteiger partial charge in [0.15, 0.2) is 9.84 Å². The standard InChI is InChI=1S/C20H32N4O3S/c1-15-11-19(24(22-15)18-9-10-28(26,27)14-18)21-20(25)13-23(12-16-7-8-16)17-5-3-2-4-6-17/h11,16-18H,2-10,12-14H2,1H3,(H,21,25). The molecule has 0 aromatic carbocycles. The normalized spacial score (nSPS) is 25.3. The zero-order chi connectivity index (χ0) is 19.7. The summed E-state index contributed by atoms with van der Waals surface area (Å²) in [5.41, 5.74) is 0.793. The molecule has 1 amide bonds. The highest BCUT2D eigenvalue weighted by Crippen LogP contribution is 2.32. The molecule has 2 saturated carbocycles. The van der Waals surface area contributed by atoms with Crippen LogP contribution < -0.4 is 5.32 Å². The number of hydrogen-bond acceptors (Lipinski definition) is 5. The first-order chi connectivity index (χ1) is 13.4. The van der Waals surface area contributed by atoms with Gasteiger partial charge in [0.2, 0.25) is 5.91 Å². The summed E-state index contributed by atoms with van der Waals surface area (Å²) in [5, 5.41) is 7.49. The minimum atomic E-state index is -3.00. The van der Waals surface area contributed by atoms with E-state index >= 15 is 0 Å². The highest BCUT2D eigenvalue weighted by Gasteiger charge is 2.32. The van der Waals surface area contributed by atoms with Gasteiger partial charge in [0.25, 0.3) is 0 Å². The monoisotopic (exact) mass is 408 g/mol. The van der Waals surface area contributed by atoms with Crippen molar-refractivity contribution in [3.63, 3.8) is 0 Å². The topological polar surface area (TPSA) is 84.3 Å². The van der Waals surface area contributed by atoms with Gasteiger partial charge in [-0.1, -0.05) is 19.3 Å². The molecule has 1 aliphatic heterocycles. The van der Waals surface area contributed by atoms with E-state index in [4.69, 9.17) is 0 Å². The van der Waals surface area contributed by atoms with Crippen molar-refractivity contribution in [1.29, 1.82) is 0 Å². The Morgan fingerprint density at radius 3 is 2.61 bits per heavy atom. The van der Waals surface area contributed by atoms with Crippen molar-refractivity contribution in [3.05, 3.63) is 11.8 Å². The molecule has 3 aliphatic rings. The van der Waals surface area contributed by atoms with E-state index in [0.717, 1.165) is 18.2 Å². The maximum Gasteiger partial charge on any atom is 0.239 e. The number of carbonyl (C=O) groups excluding carboxylic acids is 1. The molecule has 2 heterocycles. The van der Waals surface area contributed by atoms with Gasteiger partial charge in [0.05, 0.1) is 29.8 Å². The molecule has 1 aromatic rings. The van der Waals surface area contributed by atoms with Crippen LogP contribution in [-0.4, -0.2) is 59.6 Å². The lowest BCUT2D eigenvalue weighted by molar-refractivity contribution is -0.118. The van der Waals surface area contributed by atoms with Crippen LogP contribution in [0.2, 0.25) is 0 Å². The molecule has 1 aromatic heterocycles. The van der Waals surface area contributed by atoms with E-state index in [9.17, 15) is 13.2 Å². The Hall–Kier alpha value is -1.41. The summed E-state index contributed by atoms with van der Waals surface area (Å²) in [7, 11) is -3.00. The first-order valence-electron chi connectivity index (χ1n) is 10.7. The number of aryl methyl sites for hydroxylation is 1. The van der Waals surface area contributed by atoms with Crippen LogP contribution in [0, 0.1) is 12.8 Å². The lowest BCUT2D eigenvalue weighted by Crippen LogP contribution is -2.43. The summed E-state index contributed by atoms with van der Waals surface area (Å²) in [6.07, 6.45) is 9.34. The van der Waals surface area contributed by atoms with Gasteiger partial charge in [-0.2, -0.15) is 5.10 Å². The number of aromatic nitrogens is 2. The Morgan fingerprint density at radius 2 is 1.96 bits per heavy atom. The predicted octanol–water partition coefficient (Wildman–Crippen LogP) is 2.53. The molecular formula is C20H32N4O3S. The third kappa shape index (κ3) is 4.95. The minimum Gasteiger partial charge on any atom is -0.310 e. The average Bonchev–Trinajstić information content (AvgIpc) is 3.29. The summed E-state index contributed by atoms with van der Waals surface area (Å²) in [4.78, 5) is 15.2. The van der Waals surface area contributed by atoms with Crippen molar-refractivity contribution < 1.29 is 13.2 Å². The molecule has 156 valence electrons. The van der Waals surface area contributed by atoms with Gasteiger partial charge in [-0.3, -0.25) is 9.69 Å². The third-order valence-corrected chi connectivity index (χ3v) is 8.06. The van der Waals surface area contributed by atoms with Crippen LogP contribution >= 0.6 is 0 Å². The van der Waals surface area contributed by atoms with Gasteiger partial charge in [-0.05, 0) is 44.9 Å². The summed E-state index contributed by atoms with van der Waals surface area (Å²) in [6, 6.07) is 2.18. The summed E-state index contributed by atoms with van der Waals surface area (Å²) in [5.74, 6) is 1.66. The van der Waals surface area contributed by atoms with Gasteiger partial charge in [0.1, 0.15) is 5.82 Å². The maximum atomic E-state index is 12.9. The number of nitrogens with zero attached hydrogens (tertiary/aromatic N) is 3. The number of carbonyl (C=O) groups is 1. The Kier molecular flexibility index (Phi) is 5.78. The van der Waals surface area contributed by atoms with Crippen LogP contribution in [-0.2, 0) is 14.6 Å². The number of nitrogens with one attached hydrogen (secondary N) is 1. The SMILES string of the molecule is Cc1cc(NC(=O)CN(CC2CC2)C2CCCCC2)n(C2CCS(=O)(=O)C2)n1. The zero-order valence-corrected chi connectivity index (χ0v) is 17.6. The molecule has 3 fully saturated rings. The van der Waals surface area contributed by atoms with Crippen LogP contribution in [0.1, 0.15) is 63.1 Å². The van der Waals surface area contributed by atoms with Gasteiger partial charge >= 0.3 is 0 Å². The number of amides is 1. The quantitative estimate of drug-likeness (QED) is 0.749. The lowest BCUT2D eigenvalue weighted by atomic mass is 9.94. The van der Waals surface area contributed by atoms with Crippen LogP contribution in [0.3, 0.4) is 0 Å². The van der Waals surface area contributed by atoms with Crippen LogP contribution in [0.25, 0.3) is 0 Å². The van der Waals surface area contributed by atoms with E-state index in [1.54, 1.807) is 4.68 Å². The van der Waals surface area contributed by atoms with Gasteiger partial charge in [-0.25, -0.2) is 13.1 Å². The fourth-order valence-corrected chi connectivity index (χ4v) is 6.34. The Bertz CT molecular complexity index is 809. The van der Waals surface area contributed by atoms with Crippen LogP contribution in [0.4, 0.5) is 5.82 Å². The summed E-state index contributed by atoms with van der Waals surface area (Å²) >= 11 is 0. The fraction of sp³-hybridized carbons (Fsp3) is 0.800. The van der Waals surface area contributed by atoms with E-state index in [0.29, 0.717) is 24.8 Å². The molecule has 28 heavy (non-hydrogen) atoms. The summed E-state index contributed by atoms with van der Waals surface area (Å²) in [6.45, 7) is 3.31. The van der Waals surface area contributed by atoms with Crippen LogP contribution in [0.5, 0.6) is 0 Å². The van der Waals surface area contributed by atoms with Gasteiger partial charge in [-0.15, -0.1) is 0 Å². The smallest absolute Gasteiger partial charge is 0.239 e. The minimum absolute atomic E-state index is 0.0202. The first kappa shape index (κ1) is 19.9. The van der Waals surface area contributed by atoms with Crippen molar-refractivity contribution >= 4 is 21.6 Å². The average molecular weight is 409 g/mol. The maximum absolute atomic E-state index is 12.9. The molecule has 7 nitrogen and oxygen atoms in total. The van der Waals surface area contributed by atoms with Crippen LogP contribution in [0.15, 0.2) is 6.07 Å². The van der Waals surface area contributed by atoms with Gasteiger partial charge < -0.3 is 5.32 Å². The third-order valence-electron chi connectivity index (χ3n) is 6.31. The van der Waals surface area contributed by atoms with Crippen molar-refractivity contribution in [2.45, 2.75) is 70.4 Å². The number of anilines is 1. The number of hydrogen-bond donors (Lipinski definition) is 1. The zero-order valence-electron chi connectivity index (χ0n) is 16.8. The molecule has 1 unspecified atom stereocenters. The molecule has 0 spiro atoms. The number of sulfone groups is 1. The van der Waals surface area contributed by atoms with Crippen molar-refractivity contribution in [1.82, 2.24) is 14.7 Å². The second-order valence-electron chi connectivity index (χ2n) is 8.89. The molecule has 2 aliphatic carbocycles. The van der Waals surface area contributed by atoms with E-state index in [2.05, 4.69) is 15.3 Å².